The molecule has 0 aliphatic carbocycles. The van der Waals surface area contributed by atoms with E-state index in [1.807, 2.05) is 36.4 Å². The normalized spacial score (nSPS) is 18.9. The minimum absolute atomic E-state index is 0.0748. The molecule has 1 fully saturated rings. The monoisotopic (exact) mass is 316 g/mol. The van der Waals surface area contributed by atoms with Crippen molar-refractivity contribution in [3.8, 4) is 0 Å². The number of amides is 1. The van der Waals surface area contributed by atoms with Gasteiger partial charge in [0.1, 0.15) is 6.10 Å². The molecule has 114 valence electrons. The molecular weight excluding hydrogens is 300 g/mol. The molecule has 4 nitrogen and oxygen atoms in total. The summed E-state index contributed by atoms with van der Waals surface area (Å²) >= 11 is 5.95. The maximum atomic E-state index is 12.4. The van der Waals surface area contributed by atoms with Gasteiger partial charge in [0.2, 0.25) is 5.91 Å². The van der Waals surface area contributed by atoms with Crippen LogP contribution in [0.1, 0.15) is 30.0 Å². The first-order valence-electron chi connectivity index (χ1n) is 7.31. The molecule has 1 amide bonds. The molecule has 5 heteroatoms. The van der Waals surface area contributed by atoms with Crippen molar-refractivity contribution in [3.05, 3.63) is 64.9 Å². The second kappa shape index (κ2) is 6.90. The Morgan fingerprint density at radius 3 is 2.50 bits per heavy atom. The Kier molecular flexibility index (Phi) is 4.71. The summed E-state index contributed by atoms with van der Waals surface area (Å²) in [4.78, 5) is 16.4. The molecule has 2 aromatic rings. The van der Waals surface area contributed by atoms with Gasteiger partial charge in [0, 0.05) is 24.0 Å². The van der Waals surface area contributed by atoms with Gasteiger partial charge in [-0.05, 0) is 48.2 Å². The van der Waals surface area contributed by atoms with E-state index in [-0.39, 0.29) is 18.1 Å². The van der Waals surface area contributed by atoms with Crippen LogP contribution in [-0.4, -0.2) is 23.6 Å². The number of carbonyl (C=O) groups is 1. The number of carbonyl (C=O) groups excluding carboxylic acids is 1. The molecule has 0 spiro atoms. The van der Waals surface area contributed by atoms with Crippen molar-refractivity contribution in [2.24, 2.45) is 0 Å². The average Bonchev–Trinajstić information content (AvgIpc) is 3.09. The molecule has 1 aliphatic heterocycles. The fraction of sp³-hybridized carbons (Fsp3) is 0.294. The fourth-order valence-electron chi connectivity index (χ4n) is 2.59. The summed E-state index contributed by atoms with van der Waals surface area (Å²) in [5.41, 5.74) is 1.95. The second-order valence-electron chi connectivity index (χ2n) is 5.28. The van der Waals surface area contributed by atoms with Gasteiger partial charge < -0.3 is 10.1 Å². The van der Waals surface area contributed by atoms with Crippen LogP contribution in [0.15, 0.2) is 48.8 Å². The van der Waals surface area contributed by atoms with Crippen molar-refractivity contribution < 1.29 is 9.53 Å². The van der Waals surface area contributed by atoms with Gasteiger partial charge in [0.25, 0.3) is 0 Å². The van der Waals surface area contributed by atoms with E-state index in [1.54, 1.807) is 12.4 Å². The number of ether oxygens (including phenoxy) is 1. The molecule has 1 saturated heterocycles. The zero-order valence-electron chi connectivity index (χ0n) is 12.0. The Morgan fingerprint density at radius 2 is 1.86 bits per heavy atom. The third-order valence-corrected chi connectivity index (χ3v) is 4.00. The quantitative estimate of drug-likeness (QED) is 0.943. The molecule has 0 radical (unpaired) electrons. The van der Waals surface area contributed by atoms with Crippen molar-refractivity contribution in [1.82, 2.24) is 10.3 Å². The maximum absolute atomic E-state index is 12.4. The predicted octanol–water partition coefficient (Wildman–Crippen LogP) is 3.12. The van der Waals surface area contributed by atoms with Crippen LogP contribution in [0.3, 0.4) is 0 Å². The van der Waals surface area contributed by atoms with E-state index in [0.717, 1.165) is 24.0 Å². The van der Waals surface area contributed by atoms with Gasteiger partial charge in [-0.1, -0.05) is 23.7 Å². The Labute approximate surface area is 134 Å². The van der Waals surface area contributed by atoms with E-state index in [2.05, 4.69) is 10.3 Å². The van der Waals surface area contributed by atoms with Crippen LogP contribution < -0.4 is 5.32 Å². The lowest BCUT2D eigenvalue weighted by Crippen LogP contribution is -2.37. The minimum Gasteiger partial charge on any atom is -0.368 e. The highest BCUT2D eigenvalue weighted by molar-refractivity contribution is 6.30. The average molecular weight is 317 g/mol. The van der Waals surface area contributed by atoms with Crippen molar-refractivity contribution in [2.75, 3.05) is 6.61 Å². The Morgan fingerprint density at radius 1 is 1.18 bits per heavy atom. The van der Waals surface area contributed by atoms with Crippen LogP contribution >= 0.6 is 11.6 Å². The third kappa shape index (κ3) is 3.46. The van der Waals surface area contributed by atoms with Gasteiger partial charge in [0.15, 0.2) is 0 Å². The van der Waals surface area contributed by atoms with Crippen LogP contribution in [0.25, 0.3) is 0 Å². The molecule has 1 aromatic carbocycles. The van der Waals surface area contributed by atoms with Gasteiger partial charge >= 0.3 is 0 Å². The lowest BCUT2D eigenvalue weighted by Gasteiger charge is -2.21. The number of halogens is 1. The molecule has 1 aliphatic rings. The van der Waals surface area contributed by atoms with Crippen molar-refractivity contribution >= 4 is 17.5 Å². The van der Waals surface area contributed by atoms with Crippen LogP contribution in [0.4, 0.5) is 0 Å². The molecule has 3 rings (SSSR count). The summed E-state index contributed by atoms with van der Waals surface area (Å²) in [7, 11) is 0. The predicted molar refractivity (Wildman–Crippen MR) is 84.6 cm³/mol. The zero-order valence-corrected chi connectivity index (χ0v) is 12.8. The van der Waals surface area contributed by atoms with E-state index in [9.17, 15) is 4.79 Å². The summed E-state index contributed by atoms with van der Waals surface area (Å²) in [6.45, 7) is 0.652. The van der Waals surface area contributed by atoms with Crippen LogP contribution in [0.5, 0.6) is 0 Å². The number of rotatable bonds is 4. The number of aromatic nitrogens is 1. The highest BCUT2D eigenvalue weighted by Crippen LogP contribution is 2.24. The SMILES string of the molecule is O=C(N[C@@H](c1ccncc1)c1ccc(Cl)cc1)[C@H]1CCCO1. The largest absolute Gasteiger partial charge is 0.368 e. The van der Waals surface area contributed by atoms with Gasteiger partial charge in [-0.3, -0.25) is 9.78 Å². The Balaban J connectivity index is 1.86. The molecule has 1 N–H and O–H groups in total. The van der Waals surface area contributed by atoms with E-state index >= 15 is 0 Å². The van der Waals surface area contributed by atoms with Gasteiger partial charge in [-0.2, -0.15) is 0 Å². The molecule has 2 heterocycles. The first-order chi connectivity index (χ1) is 10.7. The highest BCUT2D eigenvalue weighted by Gasteiger charge is 2.26. The number of benzene rings is 1. The smallest absolute Gasteiger partial charge is 0.249 e. The Bertz CT molecular complexity index is 625. The first kappa shape index (κ1) is 15.0. The maximum Gasteiger partial charge on any atom is 0.249 e. The van der Waals surface area contributed by atoms with Crippen molar-refractivity contribution in [3.63, 3.8) is 0 Å². The molecule has 22 heavy (non-hydrogen) atoms. The van der Waals surface area contributed by atoms with E-state index in [4.69, 9.17) is 16.3 Å². The van der Waals surface area contributed by atoms with Crippen LogP contribution in [-0.2, 0) is 9.53 Å². The Hall–Kier alpha value is -1.91. The molecular formula is C17H17ClN2O2. The van der Waals surface area contributed by atoms with Gasteiger partial charge in [-0.15, -0.1) is 0 Å². The molecule has 0 saturated carbocycles. The number of nitrogens with one attached hydrogen (secondary N) is 1. The summed E-state index contributed by atoms with van der Waals surface area (Å²) in [5.74, 6) is -0.0748. The van der Waals surface area contributed by atoms with Crippen LogP contribution in [0.2, 0.25) is 5.02 Å². The minimum atomic E-state index is -0.350. The lowest BCUT2D eigenvalue weighted by atomic mass is 9.99. The molecule has 0 unspecified atom stereocenters. The van der Waals surface area contributed by atoms with Crippen molar-refractivity contribution in [1.29, 1.82) is 0 Å². The number of hydrogen-bond donors (Lipinski definition) is 1. The summed E-state index contributed by atoms with van der Waals surface area (Å²) in [6.07, 6.45) is 4.79. The van der Waals surface area contributed by atoms with E-state index in [1.165, 1.54) is 0 Å². The molecule has 0 bridgehead atoms. The summed E-state index contributed by atoms with van der Waals surface area (Å²) in [6, 6.07) is 11.0. The molecule has 1 aromatic heterocycles. The van der Waals surface area contributed by atoms with Gasteiger partial charge in [0.05, 0.1) is 6.04 Å². The second-order valence-corrected chi connectivity index (χ2v) is 5.71. The van der Waals surface area contributed by atoms with E-state index < -0.39 is 0 Å². The molecule has 2 atom stereocenters. The summed E-state index contributed by atoms with van der Waals surface area (Å²) in [5, 5.41) is 3.75. The number of nitrogens with zero attached hydrogens (tertiary/aromatic N) is 1. The lowest BCUT2D eigenvalue weighted by molar-refractivity contribution is -0.130. The first-order valence-corrected chi connectivity index (χ1v) is 7.69. The zero-order chi connectivity index (χ0) is 15.4. The number of hydrogen-bond acceptors (Lipinski definition) is 3. The topological polar surface area (TPSA) is 51.2 Å². The summed E-state index contributed by atoms with van der Waals surface area (Å²) < 4.78 is 5.46. The van der Waals surface area contributed by atoms with E-state index in [0.29, 0.717) is 11.6 Å². The highest BCUT2D eigenvalue weighted by atomic mass is 35.5. The van der Waals surface area contributed by atoms with Gasteiger partial charge in [-0.25, -0.2) is 0 Å². The van der Waals surface area contributed by atoms with Crippen LogP contribution in [0, 0.1) is 0 Å². The number of pyridine rings is 1. The third-order valence-electron chi connectivity index (χ3n) is 3.75. The fourth-order valence-corrected chi connectivity index (χ4v) is 2.72. The standard InChI is InChI=1S/C17H17ClN2O2/c18-14-5-3-12(4-6-14)16(13-7-9-19-10-8-13)20-17(21)15-2-1-11-22-15/h3-10,15-16H,1-2,11H2,(H,20,21)/t15-,16-/m1/s1. The van der Waals surface area contributed by atoms with Crippen molar-refractivity contribution in [2.45, 2.75) is 25.0 Å².